The van der Waals surface area contributed by atoms with Crippen molar-refractivity contribution in [1.82, 2.24) is 10.6 Å². The predicted molar refractivity (Wildman–Crippen MR) is 234 cm³/mol. The normalized spacial score (nSPS) is 21.9. The van der Waals surface area contributed by atoms with Gasteiger partial charge in [0, 0.05) is 58.0 Å². The molecule has 2 heterocycles. The first-order valence-corrected chi connectivity index (χ1v) is 20.9. The number of hydrogen-bond donors (Lipinski definition) is 2. The summed E-state index contributed by atoms with van der Waals surface area (Å²) in [6.45, 7) is 0.873. The largest absolute Gasteiger partial charge is 0.355 e. The second-order valence-electron chi connectivity index (χ2n) is 16.4. The molecule has 2 aliphatic carbocycles. The summed E-state index contributed by atoms with van der Waals surface area (Å²) in [4.78, 5) is 58.7. The molecule has 60 heavy (non-hydrogen) atoms. The average molecular weight is 832 g/mol. The Morgan fingerprint density at radius 2 is 1.10 bits per heavy atom. The number of amides is 4. The van der Waals surface area contributed by atoms with E-state index in [1.807, 2.05) is 131 Å². The lowest BCUT2D eigenvalue weighted by Gasteiger charge is -2.20. The summed E-state index contributed by atoms with van der Waals surface area (Å²) in [5.74, 6) is -0.255. The van der Waals surface area contributed by atoms with Gasteiger partial charge in [-0.25, -0.2) is 0 Å². The molecule has 0 saturated heterocycles. The van der Waals surface area contributed by atoms with Crippen LogP contribution in [-0.4, -0.2) is 30.7 Å². The molecule has 8 nitrogen and oxygen atoms in total. The molecule has 4 atom stereocenters. The molecule has 0 radical (unpaired) electrons. The molecule has 0 bridgehead atoms. The number of nitrogens with zero attached hydrogens (tertiary/aromatic N) is 2. The molecule has 0 aromatic heterocycles. The Morgan fingerprint density at radius 1 is 0.583 bits per heavy atom. The van der Waals surface area contributed by atoms with Gasteiger partial charge in [-0.15, -0.1) is 0 Å². The number of anilines is 2. The number of benzene rings is 6. The number of hydrogen-bond acceptors (Lipinski definition) is 4. The van der Waals surface area contributed by atoms with Crippen LogP contribution < -0.4 is 20.4 Å². The Bertz CT molecular complexity index is 2750. The van der Waals surface area contributed by atoms with Crippen molar-refractivity contribution in [3.05, 3.63) is 200 Å². The fraction of sp³-hybridized carbons (Fsp3) is 0.200. The topological polar surface area (TPSA) is 98.8 Å². The highest BCUT2D eigenvalue weighted by Gasteiger charge is 2.68. The highest BCUT2D eigenvalue weighted by molar-refractivity contribution is 6.30. The Labute approximate surface area is 358 Å². The molecular weight excluding hydrogens is 791 g/mol. The fourth-order valence-corrected chi connectivity index (χ4v) is 10.1. The minimum Gasteiger partial charge on any atom is -0.355 e. The molecule has 4 unspecified atom stereocenters. The molecule has 6 aromatic rings. The third-order valence-corrected chi connectivity index (χ3v) is 13.5. The zero-order chi connectivity index (χ0) is 41.3. The second kappa shape index (κ2) is 14.5. The maximum Gasteiger partial charge on any atom is 0.251 e. The summed E-state index contributed by atoms with van der Waals surface area (Å²) in [6.07, 6.45) is 1.42. The van der Waals surface area contributed by atoms with Crippen LogP contribution in [0.2, 0.25) is 10.0 Å². The van der Waals surface area contributed by atoms with Gasteiger partial charge in [0.25, 0.3) is 11.8 Å². The van der Waals surface area contributed by atoms with Gasteiger partial charge in [-0.3, -0.25) is 19.2 Å². The standard InChI is InChI=1S/C50H40Cl2N4O4/c1-53-45(57)35-8-4-6-31(22-35)29-56-44-24-30(12-21-40(44)50(48(56)60)26-42(50)34-15-19-38(52)20-16-34)27-54-46(58)36-9-5-7-32(23-36)28-55-43-11-3-2-10-39(43)49(47(55)59)25-41(49)33-13-17-37(51)18-14-33/h2-24,41-42H,25-29H2,1H3,(H,53,57)(H,54,58). The first-order valence-electron chi connectivity index (χ1n) is 20.2. The maximum absolute atomic E-state index is 14.5. The first-order chi connectivity index (χ1) is 29.1. The van der Waals surface area contributed by atoms with Crippen LogP contribution >= 0.6 is 23.2 Å². The Hall–Kier alpha value is -6.22. The Kier molecular flexibility index (Phi) is 9.19. The van der Waals surface area contributed by atoms with Crippen molar-refractivity contribution >= 4 is 58.2 Å². The van der Waals surface area contributed by atoms with E-state index < -0.39 is 10.8 Å². The van der Waals surface area contributed by atoms with Gasteiger partial charge in [0.15, 0.2) is 0 Å². The quantitative estimate of drug-likeness (QED) is 0.144. The van der Waals surface area contributed by atoms with Crippen molar-refractivity contribution in [3.8, 4) is 0 Å². The van der Waals surface area contributed by atoms with Crippen molar-refractivity contribution in [1.29, 1.82) is 0 Å². The Balaban J connectivity index is 0.877. The van der Waals surface area contributed by atoms with E-state index in [1.165, 1.54) is 0 Å². The minimum atomic E-state index is -0.697. The average Bonchev–Trinajstić information content (AvgIpc) is 4.18. The number of para-hydroxylation sites is 1. The van der Waals surface area contributed by atoms with Gasteiger partial charge in [-0.05, 0) is 112 Å². The molecule has 2 N–H and O–H groups in total. The molecule has 2 saturated carbocycles. The summed E-state index contributed by atoms with van der Waals surface area (Å²) in [7, 11) is 1.59. The van der Waals surface area contributed by atoms with E-state index in [4.69, 9.17) is 23.2 Å². The first kappa shape index (κ1) is 38.0. The SMILES string of the molecule is CNC(=O)c1cccc(CN2C(=O)C3(CC3c3ccc(Cl)cc3)c3ccc(CNC(=O)c4cccc(CN5C(=O)C6(CC6c6ccc(Cl)cc6)c6ccccc65)c4)cc32)c1. The number of rotatable bonds is 10. The third-order valence-electron chi connectivity index (χ3n) is 13.0. The van der Waals surface area contributed by atoms with E-state index in [9.17, 15) is 19.2 Å². The van der Waals surface area contributed by atoms with Crippen LogP contribution in [0.3, 0.4) is 0 Å². The fourth-order valence-electron chi connectivity index (χ4n) is 9.82. The second-order valence-corrected chi connectivity index (χ2v) is 17.2. The number of carbonyl (C=O) groups excluding carboxylic acids is 4. The van der Waals surface area contributed by atoms with Crippen LogP contribution in [-0.2, 0) is 40.1 Å². The van der Waals surface area contributed by atoms with E-state index >= 15 is 0 Å². The van der Waals surface area contributed by atoms with Crippen molar-refractivity contribution in [3.63, 3.8) is 0 Å². The highest BCUT2D eigenvalue weighted by Crippen LogP contribution is 2.67. The van der Waals surface area contributed by atoms with E-state index in [2.05, 4.69) is 16.7 Å². The predicted octanol–water partition coefficient (Wildman–Crippen LogP) is 9.23. The van der Waals surface area contributed by atoms with Crippen LogP contribution in [0.5, 0.6) is 0 Å². The van der Waals surface area contributed by atoms with Crippen LogP contribution in [0.4, 0.5) is 11.4 Å². The molecule has 4 aliphatic rings. The van der Waals surface area contributed by atoms with Crippen LogP contribution in [0, 0.1) is 0 Å². The molecule has 298 valence electrons. The molecule has 6 aromatic carbocycles. The van der Waals surface area contributed by atoms with Gasteiger partial charge >= 0.3 is 0 Å². The van der Waals surface area contributed by atoms with Gasteiger partial charge in [-0.2, -0.15) is 0 Å². The van der Waals surface area contributed by atoms with Gasteiger partial charge in [0.05, 0.1) is 23.9 Å². The molecule has 2 fully saturated rings. The van der Waals surface area contributed by atoms with E-state index in [0.717, 1.165) is 56.7 Å². The lowest BCUT2D eigenvalue weighted by Crippen LogP contribution is -2.32. The lowest BCUT2D eigenvalue weighted by atomic mass is 9.91. The summed E-state index contributed by atoms with van der Waals surface area (Å²) in [6, 6.07) is 44.3. The molecular formula is C50H40Cl2N4O4. The summed E-state index contributed by atoms with van der Waals surface area (Å²) in [5.41, 5.74) is 8.14. The highest BCUT2D eigenvalue weighted by atomic mass is 35.5. The van der Waals surface area contributed by atoms with Crippen LogP contribution in [0.25, 0.3) is 0 Å². The Morgan fingerprint density at radius 3 is 1.67 bits per heavy atom. The van der Waals surface area contributed by atoms with E-state index in [-0.39, 0.29) is 42.0 Å². The van der Waals surface area contributed by atoms with Gasteiger partial charge in [0.2, 0.25) is 11.8 Å². The number of nitrogens with one attached hydrogen (secondary N) is 2. The van der Waals surface area contributed by atoms with Crippen molar-refractivity contribution in [2.24, 2.45) is 0 Å². The molecule has 2 spiro atoms. The zero-order valence-electron chi connectivity index (χ0n) is 32.8. The molecule has 10 heteroatoms. The minimum absolute atomic E-state index is 0.00472. The van der Waals surface area contributed by atoms with Crippen LogP contribution in [0.15, 0.2) is 140 Å². The van der Waals surface area contributed by atoms with Gasteiger partial charge in [-0.1, -0.05) is 102 Å². The van der Waals surface area contributed by atoms with Crippen molar-refractivity contribution in [2.75, 3.05) is 16.8 Å². The monoisotopic (exact) mass is 830 g/mol. The van der Waals surface area contributed by atoms with Crippen molar-refractivity contribution < 1.29 is 19.2 Å². The third kappa shape index (κ3) is 6.20. The summed E-state index contributed by atoms with van der Waals surface area (Å²) in [5, 5.41) is 7.08. The number of fused-ring (bicyclic) bond motifs is 4. The van der Waals surface area contributed by atoms with Gasteiger partial charge in [0.1, 0.15) is 0 Å². The van der Waals surface area contributed by atoms with Crippen molar-refractivity contribution in [2.45, 2.75) is 55.1 Å². The van der Waals surface area contributed by atoms with E-state index in [0.29, 0.717) is 40.7 Å². The summed E-state index contributed by atoms with van der Waals surface area (Å²) >= 11 is 12.4. The van der Waals surface area contributed by atoms with E-state index in [1.54, 1.807) is 19.2 Å². The molecule has 10 rings (SSSR count). The summed E-state index contributed by atoms with van der Waals surface area (Å²) < 4.78 is 0. The smallest absolute Gasteiger partial charge is 0.251 e. The number of halogens is 2. The maximum atomic E-state index is 14.5. The molecule has 2 aliphatic heterocycles. The zero-order valence-corrected chi connectivity index (χ0v) is 34.3. The van der Waals surface area contributed by atoms with Gasteiger partial charge < -0.3 is 20.4 Å². The number of carbonyl (C=O) groups is 4. The lowest BCUT2D eigenvalue weighted by molar-refractivity contribution is -0.121. The van der Waals surface area contributed by atoms with Crippen LogP contribution in [0.1, 0.15) is 84.3 Å². The molecule has 4 amide bonds.